The Morgan fingerprint density at radius 2 is 1.79 bits per heavy atom. The molecule has 1 aliphatic carbocycles. The number of hydrogen-bond acceptors (Lipinski definition) is 4. The summed E-state index contributed by atoms with van der Waals surface area (Å²) in [7, 11) is 0. The van der Waals surface area contributed by atoms with Crippen molar-refractivity contribution < 1.29 is 4.79 Å². The molecule has 3 N–H and O–H groups in total. The second kappa shape index (κ2) is 8.99. The van der Waals surface area contributed by atoms with Crippen LogP contribution in [0.3, 0.4) is 0 Å². The van der Waals surface area contributed by atoms with Crippen LogP contribution in [-0.4, -0.2) is 10.8 Å². The number of hydrogen-bond donors (Lipinski definition) is 2. The maximum absolute atomic E-state index is 12.9. The lowest BCUT2D eigenvalue weighted by atomic mass is 10.00. The number of rotatable bonds is 6. The molecule has 0 fully saturated rings. The number of fused-ring (bicyclic) bond motifs is 1. The number of anilines is 3. The van der Waals surface area contributed by atoms with Gasteiger partial charge in [0.1, 0.15) is 0 Å². The van der Waals surface area contributed by atoms with Gasteiger partial charge in [-0.2, -0.15) is 0 Å². The summed E-state index contributed by atoms with van der Waals surface area (Å²) in [5.41, 5.74) is 16.7. The molecule has 0 spiro atoms. The Morgan fingerprint density at radius 3 is 2.59 bits per heavy atom. The molecular formula is C30H27N3O. The quantitative estimate of drug-likeness (QED) is 0.256. The summed E-state index contributed by atoms with van der Waals surface area (Å²) in [6, 6.07) is 23.8. The maximum atomic E-state index is 12.9. The smallest absolute Gasteiger partial charge is 0.167 e. The summed E-state index contributed by atoms with van der Waals surface area (Å²) in [6.45, 7) is 4.08. The van der Waals surface area contributed by atoms with Gasteiger partial charge in [-0.05, 0) is 55.3 Å². The molecule has 0 radical (unpaired) electrons. The van der Waals surface area contributed by atoms with Crippen molar-refractivity contribution in [2.45, 2.75) is 26.7 Å². The number of benzene rings is 3. The minimum Gasteiger partial charge on any atom is -0.399 e. The molecule has 5 rings (SSSR count). The van der Waals surface area contributed by atoms with E-state index in [0.717, 1.165) is 68.3 Å². The average Bonchev–Trinajstić information content (AvgIpc) is 3.31. The van der Waals surface area contributed by atoms with Crippen molar-refractivity contribution in [1.82, 2.24) is 4.98 Å². The van der Waals surface area contributed by atoms with E-state index in [4.69, 9.17) is 10.7 Å². The number of nitrogens with one attached hydrogen (secondary N) is 1. The molecule has 34 heavy (non-hydrogen) atoms. The zero-order valence-corrected chi connectivity index (χ0v) is 19.4. The van der Waals surface area contributed by atoms with Gasteiger partial charge in [-0.3, -0.25) is 9.78 Å². The van der Waals surface area contributed by atoms with E-state index in [0.29, 0.717) is 6.42 Å². The number of nitrogens with two attached hydrogens (primary N) is 1. The maximum Gasteiger partial charge on any atom is 0.167 e. The summed E-state index contributed by atoms with van der Waals surface area (Å²) >= 11 is 0. The summed E-state index contributed by atoms with van der Waals surface area (Å²) in [4.78, 5) is 17.7. The van der Waals surface area contributed by atoms with Crippen molar-refractivity contribution in [3.63, 3.8) is 0 Å². The van der Waals surface area contributed by atoms with Gasteiger partial charge in [0.05, 0.1) is 11.4 Å². The third-order valence-corrected chi connectivity index (χ3v) is 6.22. The van der Waals surface area contributed by atoms with Crippen LogP contribution in [0.5, 0.6) is 0 Å². The van der Waals surface area contributed by atoms with Gasteiger partial charge in [-0.25, -0.2) is 0 Å². The first-order valence-electron chi connectivity index (χ1n) is 11.5. The van der Waals surface area contributed by atoms with E-state index in [2.05, 4.69) is 42.6 Å². The number of Topliss-reactive ketones (excluding diaryl/α,β-unsaturated/α-hetero) is 1. The van der Waals surface area contributed by atoms with Crippen LogP contribution in [0.2, 0.25) is 0 Å². The van der Waals surface area contributed by atoms with E-state index >= 15 is 0 Å². The van der Waals surface area contributed by atoms with Gasteiger partial charge in [0.2, 0.25) is 0 Å². The Bertz CT molecular complexity index is 1420. The largest absolute Gasteiger partial charge is 0.399 e. The Hall–Kier alpha value is -4.18. The number of aryl methyl sites for hydroxylation is 2. The number of nitrogens with zero attached hydrogens (tertiary/aromatic N) is 1. The number of aromatic nitrogens is 1. The molecule has 1 aromatic heterocycles. The Balaban J connectivity index is 1.45. The molecule has 0 amide bonds. The minimum atomic E-state index is 0.122. The van der Waals surface area contributed by atoms with Crippen LogP contribution in [0.4, 0.5) is 17.1 Å². The first-order chi connectivity index (χ1) is 16.5. The second-order valence-corrected chi connectivity index (χ2v) is 8.89. The molecule has 0 saturated heterocycles. The summed E-state index contributed by atoms with van der Waals surface area (Å²) in [6.07, 6.45) is 5.44. The molecule has 0 atom stereocenters. The molecule has 4 aromatic rings. The highest BCUT2D eigenvalue weighted by Gasteiger charge is 2.16. The van der Waals surface area contributed by atoms with Crippen LogP contribution >= 0.6 is 0 Å². The van der Waals surface area contributed by atoms with Crippen molar-refractivity contribution in [2.24, 2.45) is 0 Å². The standard InChI is InChI=1S/C30H27N3O/c1-19-5-3-6-23(15-19)30(34)17-21-10-9-20(2)27(16-21)33-29-18-28(22-11-13-24(31)14-12-22)32-26-8-4-7-25(26)29/h3-7,9-16,18H,8,17,31H2,1-2H3,(H,32,33). The van der Waals surface area contributed by atoms with Crippen molar-refractivity contribution in [3.8, 4) is 11.3 Å². The van der Waals surface area contributed by atoms with Gasteiger partial charge >= 0.3 is 0 Å². The van der Waals surface area contributed by atoms with E-state index in [1.165, 1.54) is 0 Å². The Kier molecular flexibility index (Phi) is 5.72. The van der Waals surface area contributed by atoms with Gasteiger partial charge in [0.25, 0.3) is 0 Å². The average molecular weight is 446 g/mol. The van der Waals surface area contributed by atoms with Gasteiger partial charge in [-0.1, -0.05) is 60.2 Å². The van der Waals surface area contributed by atoms with Crippen molar-refractivity contribution >= 4 is 28.9 Å². The first-order valence-corrected chi connectivity index (χ1v) is 11.5. The predicted octanol–water partition coefficient (Wildman–Crippen LogP) is 6.69. The molecule has 1 heterocycles. The van der Waals surface area contributed by atoms with Crippen molar-refractivity contribution in [2.75, 3.05) is 11.1 Å². The van der Waals surface area contributed by atoms with E-state index < -0.39 is 0 Å². The summed E-state index contributed by atoms with van der Waals surface area (Å²) < 4.78 is 0. The first kappa shape index (κ1) is 21.7. The normalized spacial score (nSPS) is 11.9. The fraction of sp³-hybridized carbons (Fsp3) is 0.133. The SMILES string of the molecule is Cc1cccc(C(=O)Cc2ccc(C)c(Nc3cc(-c4ccc(N)cc4)nc4c3C=CC4)c2)c1. The summed E-state index contributed by atoms with van der Waals surface area (Å²) in [5.74, 6) is 0.122. The molecule has 3 aromatic carbocycles. The third-order valence-electron chi connectivity index (χ3n) is 6.22. The zero-order valence-electron chi connectivity index (χ0n) is 19.4. The van der Waals surface area contributed by atoms with E-state index in [9.17, 15) is 4.79 Å². The fourth-order valence-corrected chi connectivity index (χ4v) is 4.31. The Morgan fingerprint density at radius 1 is 0.971 bits per heavy atom. The molecule has 0 unspecified atom stereocenters. The highest BCUT2D eigenvalue weighted by molar-refractivity contribution is 5.97. The van der Waals surface area contributed by atoms with Crippen molar-refractivity contribution in [1.29, 1.82) is 0 Å². The number of ketones is 1. The monoisotopic (exact) mass is 445 g/mol. The third kappa shape index (κ3) is 4.48. The number of pyridine rings is 1. The summed E-state index contributed by atoms with van der Waals surface area (Å²) in [5, 5.41) is 3.63. The van der Waals surface area contributed by atoms with Crippen LogP contribution in [0.15, 0.2) is 78.9 Å². The molecular weight excluding hydrogens is 418 g/mol. The predicted molar refractivity (Wildman–Crippen MR) is 140 cm³/mol. The molecule has 168 valence electrons. The van der Waals surface area contributed by atoms with Crippen LogP contribution in [-0.2, 0) is 12.8 Å². The van der Waals surface area contributed by atoms with Gasteiger partial charge in [0, 0.05) is 46.6 Å². The fourth-order valence-electron chi connectivity index (χ4n) is 4.31. The van der Waals surface area contributed by atoms with Crippen molar-refractivity contribution in [3.05, 3.63) is 112 Å². The minimum absolute atomic E-state index is 0.122. The molecule has 0 saturated carbocycles. The van der Waals surface area contributed by atoms with Gasteiger partial charge in [-0.15, -0.1) is 0 Å². The Labute approximate surface area is 200 Å². The van der Waals surface area contributed by atoms with E-state index in [1.54, 1.807) is 0 Å². The lowest BCUT2D eigenvalue weighted by Gasteiger charge is -2.16. The zero-order chi connectivity index (χ0) is 23.7. The molecule has 0 bridgehead atoms. The number of carbonyl (C=O) groups is 1. The number of allylic oxidation sites excluding steroid dienone is 1. The highest BCUT2D eigenvalue weighted by Crippen LogP contribution is 2.34. The highest BCUT2D eigenvalue weighted by atomic mass is 16.1. The lowest BCUT2D eigenvalue weighted by Crippen LogP contribution is -2.05. The number of nitrogen functional groups attached to an aromatic ring is 1. The lowest BCUT2D eigenvalue weighted by molar-refractivity contribution is 0.0993. The van der Waals surface area contributed by atoms with Crippen LogP contribution in [0, 0.1) is 13.8 Å². The van der Waals surface area contributed by atoms with E-state index in [-0.39, 0.29) is 5.78 Å². The second-order valence-electron chi connectivity index (χ2n) is 8.89. The molecule has 1 aliphatic rings. The molecule has 0 aliphatic heterocycles. The number of carbonyl (C=O) groups excluding carboxylic acids is 1. The van der Waals surface area contributed by atoms with Crippen LogP contribution in [0.25, 0.3) is 17.3 Å². The topological polar surface area (TPSA) is 68.0 Å². The van der Waals surface area contributed by atoms with Crippen LogP contribution in [0.1, 0.15) is 38.3 Å². The molecule has 4 heteroatoms. The van der Waals surface area contributed by atoms with Crippen LogP contribution < -0.4 is 11.1 Å². The van der Waals surface area contributed by atoms with Gasteiger partial charge < -0.3 is 11.1 Å². The van der Waals surface area contributed by atoms with Gasteiger partial charge in [0.15, 0.2) is 5.78 Å². The molecule has 4 nitrogen and oxygen atoms in total. The van der Waals surface area contributed by atoms with E-state index in [1.807, 2.05) is 61.5 Å².